The molecule has 1 aromatic carbocycles. The highest BCUT2D eigenvalue weighted by Gasteiger charge is 2.39. The number of nitrogens with two attached hydrogens (primary N) is 1. The van der Waals surface area contributed by atoms with Gasteiger partial charge in [-0.15, -0.1) is 0 Å². The Hall–Kier alpha value is -2.29. The van der Waals surface area contributed by atoms with Crippen LogP contribution in [0.3, 0.4) is 0 Å². The van der Waals surface area contributed by atoms with Crippen LogP contribution in [0.25, 0.3) is 11.4 Å². The van der Waals surface area contributed by atoms with Crippen molar-refractivity contribution in [1.82, 2.24) is 20.3 Å². The smallest absolute Gasteiger partial charge is 0.229 e. The normalized spacial score (nSPS) is 27.7. The second-order valence-corrected chi connectivity index (χ2v) is 7.34. The minimum atomic E-state index is -0.140. The Morgan fingerprint density at radius 2 is 1.85 bits per heavy atom. The minimum Gasteiger partial charge on any atom is -0.399 e. The maximum absolute atomic E-state index is 6.12. The van der Waals surface area contributed by atoms with E-state index in [1.807, 2.05) is 24.3 Å². The minimum absolute atomic E-state index is 0.140. The molecule has 5 rings (SSSR count). The first-order chi connectivity index (χ1) is 13.3. The third-order valence-electron chi connectivity index (χ3n) is 5.48. The lowest BCUT2D eigenvalue weighted by Gasteiger charge is -2.31. The fourth-order valence-electron chi connectivity index (χ4n) is 3.98. The molecule has 2 bridgehead atoms. The first kappa shape index (κ1) is 16.9. The quantitative estimate of drug-likeness (QED) is 0.779. The summed E-state index contributed by atoms with van der Waals surface area (Å²) in [5.74, 6) is 2.06. The average molecular weight is 368 g/mol. The van der Waals surface area contributed by atoms with Gasteiger partial charge < -0.3 is 25.4 Å². The number of hydrogen-bond acceptors (Lipinski definition) is 8. The highest BCUT2D eigenvalue weighted by atomic mass is 16.5. The number of aromatic nitrogens is 3. The summed E-state index contributed by atoms with van der Waals surface area (Å²) in [6.07, 6.45) is 2.09. The van der Waals surface area contributed by atoms with E-state index in [-0.39, 0.29) is 12.1 Å². The van der Waals surface area contributed by atoms with Crippen molar-refractivity contribution in [2.45, 2.75) is 31.0 Å². The topological polar surface area (TPSA) is 98.4 Å². The number of nitrogen functional groups attached to an aromatic ring is 1. The Bertz CT molecular complexity index is 808. The highest BCUT2D eigenvalue weighted by Crippen LogP contribution is 2.33. The van der Waals surface area contributed by atoms with Gasteiger partial charge in [-0.2, -0.15) is 9.97 Å². The predicted octanol–water partition coefficient (Wildman–Crippen LogP) is 1.15. The Morgan fingerprint density at radius 3 is 2.67 bits per heavy atom. The summed E-state index contributed by atoms with van der Waals surface area (Å²) in [7, 11) is 0. The van der Waals surface area contributed by atoms with Crippen LogP contribution in [0, 0.1) is 0 Å². The van der Waals surface area contributed by atoms with Crippen LogP contribution in [0.1, 0.15) is 24.8 Å². The number of benzene rings is 1. The molecule has 0 aliphatic carbocycles. The maximum Gasteiger partial charge on any atom is 0.229 e. The lowest BCUT2D eigenvalue weighted by Crippen LogP contribution is -2.44. The van der Waals surface area contributed by atoms with Gasteiger partial charge in [-0.1, -0.05) is 0 Å². The second-order valence-electron chi connectivity index (χ2n) is 7.34. The first-order valence-electron chi connectivity index (χ1n) is 9.58. The van der Waals surface area contributed by atoms with Gasteiger partial charge in [0.1, 0.15) is 6.10 Å². The molecule has 0 saturated carbocycles. The highest BCUT2D eigenvalue weighted by molar-refractivity contribution is 5.59. The van der Waals surface area contributed by atoms with Crippen LogP contribution in [-0.4, -0.2) is 59.9 Å². The summed E-state index contributed by atoms with van der Waals surface area (Å²) < 4.78 is 11.6. The van der Waals surface area contributed by atoms with E-state index in [0.717, 1.165) is 37.2 Å². The van der Waals surface area contributed by atoms with Crippen LogP contribution in [-0.2, 0) is 9.47 Å². The molecule has 1 aromatic heterocycles. The zero-order chi connectivity index (χ0) is 18.2. The largest absolute Gasteiger partial charge is 0.399 e. The molecule has 0 amide bonds. The zero-order valence-electron chi connectivity index (χ0n) is 15.2. The summed E-state index contributed by atoms with van der Waals surface area (Å²) in [6, 6.07) is 8.36. The van der Waals surface area contributed by atoms with Crippen LogP contribution >= 0.6 is 0 Å². The number of ether oxygens (including phenoxy) is 2. The van der Waals surface area contributed by atoms with E-state index in [4.69, 9.17) is 30.2 Å². The standard InChI is InChI=1S/C19H24N6O2/c20-13-3-1-12(2-4-13)17-22-18(16-15-6-5-14(21-15)11-27-16)24-19(23-17)25-7-9-26-10-8-25/h1-4,14-16,21H,5-11,20H2. The van der Waals surface area contributed by atoms with E-state index in [1.54, 1.807) is 0 Å². The molecular weight excluding hydrogens is 344 g/mol. The van der Waals surface area contributed by atoms with Gasteiger partial charge in [-0.05, 0) is 37.1 Å². The van der Waals surface area contributed by atoms with Crippen LogP contribution in [0.15, 0.2) is 24.3 Å². The molecule has 3 saturated heterocycles. The van der Waals surface area contributed by atoms with E-state index < -0.39 is 0 Å². The van der Waals surface area contributed by atoms with Gasteiger partial charge in [-0.25, -0.2) is 4.98 Å². The van der Waals surface area contributed by atoms with Gasteiger partial charge in [0, 0.05) is 36.4 Å². The summed E-state index contributed by atoms with van der Waals surface area (Å²) in [4.78, 5) is 16.5. The van der Waals surface area contributed by atoms with E-state index in [2.05, 4.69) is 10.2 Å². The van der Waals surface area contributed by atoms with E-state index in [9.17, 15) is 0 Å². The Labute approximate surface area is 158 Å². The van der Waals surface area contributed by atoms with Gasteiger partial charge in [0.15, 0.2) is 11.6 Å². The van der Waals surface area contributed by atoms with Crippen molar-refractivity contribution in [1.29, 1.82) is 0 Å². The molecule has 4 heterocycles. The van der Waals surface area contributed by atoms with Crippen LogP contribution in [0.5, 0.6) is 0 Å². The molecule has 27 heavy (non-hydrogen) atoms. The van der Waals surface area contributed by atoms with Crippen LogP contribution in [0.2, 0.25) is 0 Å². The van der Waals surface area contributed by atoms with Crippen LogP contribution < -0.4 is 16.0 Å². The van der Waals surface area contributed by atoms with Crippen molar-refractivity contribution in [3.05, 3.63) is 30.1 Å². The fourth-order valence-corrected chi connectivity index (χ4v) is 3.98. The summed E-state index contributed by atoms with van der Waals surface area (Å²) in [5.41, 5.74) is 7.48. The molecule has 2 aromatic rings. The Balaban J connectivity index is 1.54. The van der Waals surface area contributed by atoms with Crippen molar-refractivity contribution < 1.29 is 9.47 Å². The molecule has 3 unspecified atom stereocenters. The number of nitrogens with one attached hydrogen (secondary N) is 1. The number of hydrogen-bond donors (Lipinski definition) is 2. The lowest BCUT2D eigenvalue weighted by atomic mass is 10.1. The number of fused-ring (bicyclic) bond motifs is 2. The fraction of sp³-hybridized carbons (Fsp3) is 0.526. The second kappa shape index (κ2) is 7.03. The summed E-state index contributed by atoms with van der Waals surface area (Å²) >= 11 is 0. The maximum atomic E-state index is 6.12. The molecule has 3 fully saturated rings. The molecule has 3 aliphatic heterocycles. The molecule has 3 N–H and O–H groups in total. The molecule has 3 atom stereocenters. The molecule has 0 spiro atoms. The number of anilines is 2. The van der Waals surface area contributed by atoms with Crippen molar-refractivity contribution in [2.24, 2.45) is 0 Å². The summed E-state index contributed by atoms with van der Waals surface area (Å²) in [6.45, 7) is 3.63. The SMILES string of the molecule is Nc1ccc(-c2nc(C3OCC4CCC3N4)nc(N3CCOCC3)n2)cc1. The monoisotopic (exact) mass is 368 g/mol. The number of rotatable bonds is 3. The molecule has 3 aliphatic rings. The Morgan fingerprint density at radius 1 is 1.04 bits per heavy atom. The van der Waals surface area contributed by atoms with Gasteiger partial charge in [0.25, 0.3) is 0 Å². The van der Waals surface area contributed by atoms with E-state index in [1.165, 1.54) is 0 Å². The molecular formula is C19H24N6O2. The predicted molar refractivity (Wildman–Crippen MR) is 101 cm³/mol. The van der Waals surface area contributed by atoms with Crippen molar-refractivity contribution in [3.8, 4) is 11.4 Å². The van der Waals surface area contributed by atoms with Crippen molar-refractivity contribution >= 4 is 11.6 Å². The zero-order valence-corrected chi connectivity index (χ0v) is 15.2. The number of nitrogens with zero attached hydrogens (tertiary/aromatic N) is 4. The van der Waals surface area contributed by atoms with Crippen molar-refractivity contribution in [2.75, 3.05) is 43.5 Å². The van der Waals surface area contributed by atoms with Gasteiger partial charge in [-0.3, -0.25) is 0 Å². The average Bonchev–Trinajstić information content (AvgIpc) is 3.09. The Kier molecular flexibility index (Phi) is 4.39. The van der Waals surface area contributed by atoms with E-state index >= 15 is 0 Å². The first-order valence-corrected chi connectivity index (χ1v) is 9.58. The molecule has 142 valence electrons. The van der Waals surface area contributed by atoms with Gasteiger partial charge in [0.2, 0.25) is 5.95 Å². The number of morpholine rings is 2. The van der Waals surface area contributed by atoms with Crippen molar-refractivity contribution in [3.63, 3.8) is 0 Å². The third kappa shape index (κ3) is 3.36. The molecule has 8 nitrogen and oxygen atoms in total. The van der Waals surface area contributed by atoms with Gasteiger partial charge >= 0.3 is 0 Å². The summed E-state index contributed by atoms with van der Waals surface area (Å²) in [5, 5.41) is 3.63. The lowest BCUT2D eigenvalue weighted by molar-refractivity contribution is -0.0113. The molecule has 8 heteroatoms. The van der Waals surface area contributed by atoms with Gasteiger partial charge in [0.05, 0.1) is 19.8 Å². The van der Waals surface area contributed by atoms with Crippen LogP contribution in [0.4, 0.5) is 11.6 Å². The third-order valence-corrected chi connectivity index (χ3v) is 5.48. The van der Waals surface area contributed by atoms with E-state index in [0.29, 0.717) is 43.5 Å². The molecule has 0 radical (unpaired) electrons.